The van der Waals surface area contributed by atoms with Crippen LogP contribution in [0.4, 0.5) is 15.8 Å². The van der Waals surface area contributed by atoms with Crippen molar-refractivity contribution in [2.24, 2.45) is 10.7 Å². The SMILES string of the molecule is CC[C@H](N)C1=Nc2cccc(Cl)c2CN1c1ccccc1F. The molecule has 22 heavy (non-hydrogen) atoms. The number of nitrogens with two attached hydrogens (primary N) is 1. The van der Waals surface area contributed by atoms with Crippen molar-refractivity contribution in [3.05, 3.63) is 58.9 Å². The molecule has 0 bridgehead atoms. The summed E-state index contributed by atoms with van der Waals surface area (Å²) in [5.41, 5.74) is 8.35. The van der Waals surface area contributed by atoms with Crippen molar-refractivity contribution >= 4 is 28.8 Å². The van der Waals surface area contributed by atoms with Gasteiger partial charge < -0.3 is 10.6 Å². The van der Waals surface area contributed by atoms with E-state index in [9.17, 15) is 4.39 Å². The zero-order valence-electron chi connectivity index (χ0n) is 12.3. The van der Waals surface area contributed by atoms with E-state index in [1.807, 2.05) is 30.0 Å². The lowest BCUT2D eigenvalue weighted by Gasteiger charge is -2.33. The van der Waals surface area contributed by atoms with Crippen molar-refractivity contribution < 1.29 is 4.39 Å². The number of halogens is 2. The van der Waals surface area contributed by atoms with E-state index >= 15 is 0 Å². The third-order valence-corrected chi connectivity index (χ3v) is 4.19. The third kappa shape index (κ3) is 2.60. The van der Waals surface area contributed by atoms with Crippen molar-refractivity contribution in [1.82, 2.24) is 0 Å². The van der Waals surface area contributed by atoms with Crippen molar-refractivity contribution in [3.63, 3.8) is 0 Å². The van der Waals surface area contributed by atoms with E-state index in [1.165, 1.54) is 6.07 Å². The molecule has 1 heterocycles. The molecule has 0 fully saturated rings. The van der Waals surface area contributed by atoms with Crippen LogP contribution in [0.2, 0.25) is 5.02 Å². The van der Waals surface area contributed by atoms with Gasteiger partial charge in [-0.15, -0.1) is 0 Å². The number of anilines is 1. The molecule has 2 aromatic carbocycles. The van der Waals surface area contributed by atoms with Crippen LogP contribution in [0.25, 0.3) is 0 Å². The van der Waals surface area contributed by atoms with Gasteiger partial charge in [-0.2, -0.15) is 0 Å². The van der Waals surface area contributed by atoms with Crippen LogP contribution in [-0.4, -0.2) is 11.9 Å². The molecule has 0 amide bonds. The summed E-state index contributed by atoms with van der Waals surface area (Å²) >= 11 is 6.27. The Bertz CT molecular complexity index is 730. The van der Waals surface area contributed by atoms with Gasteiger partial charge in [-0.25, -0.2) is 9.38 Å². The summed E-state index contributed by atoms with van der Waals surface area (Å²) in [7, 11) is 0. The highest BCUT2D eigenvalue weighted by Gasteiger charge is 2.27. The number of benzene rings is 2. The molecule has 2 N–H and O–H groups in total. The third-order valence-electron chi connectivity index (χ3n) is 3.84. The Morgan fingerprint density at radius 3 is 2.77 bits per heavy atom. The Labute approximate surface area is 134 Å². The summed E-state index contributed by atoms with van der Waals surface area (Å²) in [4.78, 5) is 6.46. The summed E-state index contributed by atoms with van der Waals surface area (Å²) < 4.78 is 14.2. The molecule has 0 aliphatic carbocycles. The Morgan fingerprint density at radius 1 is 1.27 bits per heavy atom. The molecule has 5 heteroatoms. The molecule has 0 saturated heterocycles. The van der Waals surface area contributed by atoms with Gasteiger partial charge in [0.15, 0.2) is 0 Å². The molecule has 0 spiro atoms. The second-order valence-corrected chi connectivity index (χ2v) is 5.67. The maximum Gasteiger partial charge on any atom is 0.146 e. The lowest BCUT2D eigenvalue weighted by atomic mass is 10.1. The topological polar surface area (TPSA) is 41.6 Å². The van der Waals surface area contributed by atoms with E-state index in [0.29, 0.717) is 23.1 Å². The lowest BCUT2D eigenvalue weighted by Crippen LogP contribution is -2.45. The number of nitrogens with zero attached hydrogens (tertiary/aromatic N) is 2. The van der Waals surface area contributed by atoms with Crippen molar-refractivity contribution in [1.29, 1.82) is 0 Å². The van der Waals surface area contributed by atoms with Gasteiger partial charge >= 0.3 is 0 Å². The zero-order chi connectivity index (χ0) is 15.7. The number of para-hydroxylation sites is 1. The molecule has 3 nitrogen and oxygen atoms in total. The maximum absolute atomic E-state index is 14.2. The van der Waals surface area contributed by atoms with Crippen LogP contribution < -0.4 is 10.6 Å². The molecular formula is C17H17ClFN3. The predicted molar refractivity (Wildman–Crippen MR) is 89.4 cm³/mol. The second-order valence-electron chi connectivity index (χ2n) is 5.26. The van der Waals surface area contributed by atoms with Gasteiger partial charge in [0.25, 0.3) is 0 Å². The first kappa shape index (κ1) is 15.0. The zero-order valence-corrected chi connectivity index (χ0v) is 13.0. The van der Waals surface area contributed by atoms with Crippen LogP contribution in [0.15, 0.2) is 47.5 Å². The smallest absolute Gasteiger partial charge is 0.146 e. The highest BCUT2D eigenvalue weighted by molar-refractivity contribution is 6.32. The Balaban J connectivity index is 2.14. The molecule has 0 aromatic heterocycles. The van der Waals surface area contributed by atoms with Crippen LogP contribution in [0.1, 0.15) is 18.9 Å². The van der Waals surface area contributed by atoms with Gasteiger partial charge in [0, 0.05) is 10.6 Å². The van der Waals surface area contributed by atoms with Gasteiger partial charge in [0.05, 0.1) is 24.0 Å². The van der Waals surface area contributed by atoms with Crippen LogP contribution in [0.3, 0.4) is 0 Å². The van der Waals surface area contributed by atoms with Gasteiger partial charge in [-0.05, 0) is 30.7 Å². The van der Waals surface area contributed by atoms with Gasteiger partial charge in [0.1, 0.15) is 11.7 Å². The number of amidine groups is 1. The number of hydrogen-bond donors (Lipinski definition) is 1. The second kappa shape index (κ2) is 6.07. The Morgan fingerprint density at radius 2 is 2.05 bits per heavy atom. The first-order valence-corrected chi connectivity index (χ1v) is 7.63. The predicted octanol–water partition coefficient (Wildman–Crippen LogP) is 4.27. The number of aliphatic imine (C=N–C) groups is 1. The molecule has 1 aliphatic rings. The monoisotopic (exact) mass is 317 g/mol. The highest BCUT2D eigenvalue weighted by atomic mass is 35.5. The highest BCUT2D eigenvalue weighted by Crippen LogP contribution is 2.35. The summed E-state index contributed by atoms with van der Waals surface area (Å²) in [6, 6.07) is 12.0. The number of hydrogen-bond acceptors (Lipinski definition) is 3. The molecule has 114 valence electrons. The summed E-state index contributed by atoms with van der Waals surface area (Å²) in [5.74, 6) is 0.372. The first-order chi connectivity index (χ1) is 10.6. The lowest BCUT2D eigenvalue weighted by molar-refractivity contribution is 0.624. The number of rotatable bonds is 3. The quantitative estimate of drug-likeness (QED) is 0.918. The van der Waals surface area contributed by atoms with E-state index in [4.69, 9.17) is 17.3 Å². The molecule has 3 rings (SSSR count). The minimum Gasteiger partial charge on any atom is -0.321 e. The minimum absolute atomic E-state index is 0.258. The number of fused-ring (bicyclic) bond motifs is 1. The van der Waals surface area contributed by atoms with Crippen LogP contribution >= 0.6 is 11.6 Å². The van der Waals surface area contributed by atoms with E-state index in [0.717, 1.165) is 17.7 Å². The molecule has 0 unspecified atom stereocenters. The van der Waals surface area contributed by atoms with Crippen molar-refractivity contribution in [2.75, 3.05) is 4.90 Å². The standard InChI is InChI=1S/C17H17ClFN3/c1-2-14(20)17-21-15-8-5-6-12(18)11(15)10-22(17)16-9-4-3-7-13(16)19/h3-9,14H,2,10,20H2,1H3/t14-/m0/s1. The van der Waals surface area contributed by atoms with Crippen LogP contribution in [0.5, 0.6) is 0 Å². The fraction of sp³-hybridized carbons (Fsp3) is 0.235. The van der Waals surface area contributed by atoms with Gasteiger partial charge in [-0.3, -0.25) is 0 Å². The summed E-state index contributed by atoms with van der Waals surface area (Å²) in [6.07, 6.45) is 0.722. The van der Waals surface area contributed by atoms with E-state index in [1.54, 1.807) is 18.2 Å². The first-order valence-electron chi connectivity index (χ1n) is 7.25. The average Bonchev–Trinajstić information content (AvgIpc) is 2.54. The average molecular weight is 318 g/mol. The van der Waals surface area contributed by atoms with Gasteiger partial charge in [-0.1, -0.05) is 36.7 Å². The molecule has 0 radical (unpaired) electrons. The normalized spacial score (nSPS) is 15.3. The van der Waals surface area contributed by atoms with Gasteiger partial charge in [0.2, 0.25) is 0 Å². The van der Waals surface area contributed by atoms with Crippen LogP contribution in [0, 0.1) is 5.82 Å². The largest absolute Gasteiger partial charge is 0.321 e. The Kier molecular flexibility index (Phi) is 4.14. The molecule has 0 saturated carbocycles. The summed E-state index contributed by atoms with van der Waals surface area (Å²) in [6.45, 7) is 2.45. The molecule has 1 aliphatic heterocycles. The van der Waals surface area contributed by atoms with Crippen molar-refractivity contribution in [2.45, 2.75) is 25.9 Å². The fourth-order valence-corrected chi connectivity index (χ4v) is 2.81. The molecule has 1 atom stereocenters. The van der Waals surface area contributed by atoms with E-state index < -0.39 is 0 Å². The van der Waals surface area contributed by atoms with E-state index in [2.05, 4.69) is 4.99 Å². The maximum atomic E-state index is 14.2. The Hall–Kier alpha value is -1.91. The fourth-order valence-electron chi connectivity index (χ4n) is 2.58. The van der Waals surface area contributed by atoms with Crippen LogP contribution in [-0.2, 0) is 6.54 Å². The van der Waals surface area contributed by atoms with Crippen molar-refractivity contribution in [3.8, 4) is 0 Å². The molecular weight excluding hydrogens is 301 g/mol. The molecule has 2 aromatic rings. The minimum atomic E-state index is -0.297. The van der Waals surface area contributed by atoms with E-state index in [-0.39, 0.29) is 11.9 Å². The summed E-state index contributed by atoms with van der Waals surface area (Å²) in [5, 5.41) is 0.631.